The third kappa shape index (κ3) is 4.86. The molecule has 2 unspecified atom stereocenters. The second-order valence-corrected chi connectivity index (χ2v) is 7.42. The Balaban J connectivity index is 1.78. The molecule has 1 aromatic rings. The molecule has 2 aliphatic rings. The molecule has 5 nitrogen and oxygen atoms in total. The summed E-state index contributed by atoms with van der Waals surface area (Å²) in [6, 6.07) is 8.14. The third-order valence-corrected chi connectivity index (χ3v) is 5.36. The maximum atomic E-state index is 8.78. The van der Waals surface area contributed by atoms with Gasteiger partial charge in [-0.15, -0.1) is 0 Å². The number of nitrogens with one attached hydrogen (secondary N) is 2. The third-order valence-electron chi connectivity index (χ3n) is 5.36. The molecule has 144 valence electrons. The summed E-state index contributed by atoms with van der Waals surface area (Å²) in [5.74, 6) is 1.06. The van der Waals surface area contributed by atoms with Crippen molar-refractivity contribution >= 4 is 11.5 Å². The van der Waals surface area contributed by atoms with Crippen molar-refractivity contribution in [1.82, 2.24) is 5.32 Å². The molecule has 2 aliphatic heterocycles. The normalized spacial score (nSPS) is 22.1. The van der Waals surface area contributed by atoms with Crippen molar-refractivity contribution in [3.8, 4) is 0 Å². The minimum atomic E-state index is -0.00440. The first-order chi connectivity index (χ1) is 13.1. The topological polar surface area (TPSA) is 83.5 Å². The lowest BCUT2D eigenvalue weighted by Crippen LogP contribution is -2.26. The number of rotatable bonds is 6. The van der Waals surface area contributed by atoms with Crippen LogP contribution in [0.15, 0.2) is 53.2 Å². The number of hydrogen-bond donors (Lipinski definition) is 3. The highest BCUT2D eigenvalue weighted by Gasteiger charge is 2.20. The van der Waals surface area contributed by atoms with Crippen LogP contribution in [0.3, 0.4) is 0 Å². The first kappa shape index (κ1) is 19.4. The number of allylic oxidation sites excluding steroid dienone is 2. The molecule has 0 spiro atoms. The summed E-state index contributed by atoms with van der Waals surface area (Å²) in [6.07, 6.45) is 8.25. The smallest absolute Gasteiger partial charge is 0.126 e. The molecule has 1 fully saturated rings. The van der Waals surface area contributed by atoms with Crippen molar-refractivity contribution in [2.45, 2.75) is 32.7 Å². The Bertz CT molecular complexity index is 759. The van der Waals surface area contributed by atoms with Crippen LogP contribution in [0.2, 0.25) is 0 Å². The van der Waals surface area contributed by atoms with Crippen molar-refractivity contribution in [2.75, 3.05) is 19.8 Å². The van der Waals surface area contributed by atoms with Gasteiger partial charge in [-0.05, 0) is 43.5 Å². The van der Waals surface area contributed by atoms with Gasteiger partial charge in [0.2, 0.25) is 0 Å². The van der Waals surface area contributed by atoms with Crippen molar-refractivity contribution in [3.05, 3.63) is 59.3 Å². The number of nitrogens with two attached hydrogens (primary N) is 1. The van der Waals surface area contributed by atoms with Crippen LogP contribution >= 0.6 is 0 Å². The lowest BCUT2D eigenvalue weighted by Gasteiger charge is -2.22. The Hall–Kier alpha value is -2.40. The van der Waals surface area contributed by atoms with Gasteiger partial charge in [0.25, 0.3) is 0 Å². The van der Waals surface area contributed by atoms with Crippen LogP contribution in [0.1, 0.15) is 37.8 Å². The molecule has 4 N–H and O–H groups in total. The summed E-state index contributed by atoms with van der Waals surface area (Å²) in [7, 11) is 0. The van der Waals surface area contributed by atoms with Crippen LogP contribution in [0.5, 0.6) is 0 Å². The van der Waals surface area contributed by atoms with E-state index in [-0.39, 0.29) is 12.0 Å². The van der Waals surface area contributed by atoms with E-state index < -0.39 is 0 Å². The van der Waals surface area contributed by atoms with E-state index in [0.29, 0.717) is 17.5 Å². The summed E-state index contributed by atoms with van der Waals surface area (Å²) in [6.45, 7) is 6.53. The molecule has 0 saturated carbocycles. The first-order valence-electron chi connectivity index (χ1n) is 9.76. The minimum Gasteiger partial charge on any atom is -0.385 e. The summed E-state index contributed by atoms with van der Waals surface area (Å²) in [4.78, 5) is 4.65. The fraction of sp³-hybridized carbons (Fsp3) is 0.455. The Morgan fingerprint density at radius 1 is 1.30 bits per heavy atom. The van der Waals surface area contributed by atoms with E-state index in [1.807, 2.05) is 36.5 Å². The lowest BCUT2D eigenvalue weighted by molar-refractivity contribution is 0.0689. The highest BCUT2D eigenvalue weighted by atomic mass is 16.5. The van der Waals surface area contributed by atoms with Gasteiger partial charge >= 0.3 is 0 Å². The molecule has 5 heteroatoms. The molecule has 0 aliphatic carbocycles. The zero-order valence-electron chi connectivity index (χ0n) is 16.2. The molecule has 2 heterocycles. The molecule has 2 atom stereocenters. The van der Waals surface area contributed by atoms with E-state index in [1.165, 1.54) is 0 Å². The van der Waals surface area contributed by atoms with Crippen molar-refractivity contribution in [1.29, 1.82) is 5.41 Å². The summed E-state index contributed by atoms with van der Waals surface area (Å²) < 4.78 is 5.41. The van der Waals surface area contributed by atoms with Gasteiger partial charge in [0.1, 0.15) is 5.84 Å². The average Bonchev–Trinajstić information content (AvgIpc) is 2.71. The van der Waals surface area contributed by atoms with Gasteiger partial charge < -0.3 is 21.2 Å². The summed E-state index contributed by atoms with van der Waals surface area (Å²) >= 11 is 0. The maximum Gasteiger partial charge on any atom is 0.126 e. The van der Waals surface area contributed by atoms with Gasteiger partial charge in [0.15, 0.2) is 0 Å². The molecule has 3 rings (SSSR count). The molecule has 0 bridgehead atoms. The fourth-order valence-corrected chi connectivity index (χ4v) is 3.56. The zero-order valence-corrected chi connectivity index (χ0v) is 16.2. The predicted octanol–water partition coefficient (Wildman–Crippen LogP) is 3.25. The summed E-state index contributed by atoms with van der Waals surface area (Å²) in [5, 5.41) is 12.0. The molecular formula is C22H30N4O. The Labute approximate surface area is 161 Å². The van der Waals surface area contributed by atoms with Gasteiger partial charge in [-0.25, -0.2) is 0 Å². The second-order valence-electron chi connectivity index (χ2n) is 7.42. The molecule has 1 aromatic carbocycles. The molecule has 0 aromatic heterocycles. The number of benzene rings is 1. The fourth-order valence-electron chi connectivity index (χ4n) is 3.56. The van der Waals surface area contributed by atoms with E-state index >= 15 is 0 Å². The highest BCUT2D eigenvalue weighted by Crippen LogP contribution is 2.23. The largest absolute Gasteiger partial charge is 0.385 e. The molecule has 0 radical (unpaired) electrons. The van der Waals surface area contributed by atoms with Crippen LogP contribution in [-0.4, -0.2) is 37.3 Å². The van der Waals surface area contributed by atoms with E-state index in [0.717, 1.165) is 49.3 Å². The summed E-state index contributed by atoms with van der Waals surface area (Å²) in [5.41, 5.74) is 9.77. The SMILES string of the molecule is CC1C=C(C(C)C(=N)c2ccccc2C(N)=NCC2CCOCC2)C=CN1. The molecule has 1 saturated heterocycles. The zero-order chi connectivity index (χ0) is 19.2. The van der Waals surface area contributed by atoms with Gasteiger partial charge in [-0.3, -0.25) is 4.99 Å². The van der Waals surface area contributed by atoms with E-state index in [1.54, 1.807) is 0 Å². The van der Waals surface area contributed by atoms with Crippen molar-refractivity contribution in [2.24, 2.45) is 22.6 Å². The second kappa shape index (κ2) is 9.00. The quantitative estimate of drug-likeness (QED) is 0.534. The number of amidine groups is 1. The van der Waals surface area contributed by atoms with Crippen molar-refractivity contribution in [3.63, 3.8) is 0 Å². The molecule has 0 amide bonds. The average molecular weight is 367 g/mol. The van der Waals surface area contributed by atoms with Crippen LogP contribution in [0, 0.1) is 17.2 Å². The number of dihydropyridines is 1. The Morgan fingerprint density at radius 3 is 2.70 bits per heavy atom. The van der Waals surface area contributed by atoms with E-state index in [4.69, 9.17) is 15.9 Å². The maximum absolute atomic E-state index is 8.78. The molecule has 27 heavy (non-hydrogen) atoms. The van der Waals surface area contributed by atoms with Gasteiger partial charge in [0, 0.05) is 48.6 Å². The Kier molecular flexibility index (Phi) is 6.45. The van der Waals surface area contributed by atoms with E-state index in [9.17, 15) is 0 Å². The van der Waals surface area contributed by atoms with Crippen LogP contribution < -0.4 is 11.1 Å². The standard InChI is InChI=1S/C22H30N4O/c1-15-13-18(7-10-25-15)16(2)21(23)19-5-3-4-6-20(19)22(24)26-14-17-8-11-27-12-9-17/h3-7,10,13,15-17,23,25H,8-9,11-12,14H2,1-2H3,(H2,24,26). The monoisotopic (exact) mass is 366 g/mol. The Morgan fingerprint density at radius 2 is 2.00 bits per heavy atom. The number of ether oxygens (including phenoxy) is 1. The van der Waals surface area contributed by atoms with Gasteiger partial charge in [-0.1, -0.05) is 37.3 Å². The molecular weight excluding hydrogens is 336 g/mol. The minimum absolute atomic E-state index is 0.00440. The highest BCUT2D eigenvalue weighted by molar-refractivity contribution is 6.11. The lowest BCUT2D eigenvalue weighted by atomic mass is 9.87. The number of hydrogen-bond acceptors (Lipinski definition) is 4. The number of aliphatic imine (C=N–C) groups is 1. The first-order valence-corrected chi connectivity index (χ1v) is 9.76. The van der Waals surface area contributed by atoms with Crippen LogP contribution in [0.4, 0.5) is 0 Å². The van der Waals surface area contributed by atoms with Gasteiger partial charge in [0.05, 0.1) is 0 Å². The van der Waals surface area contributed by atoms with E-state index in [2.05, 4.69) is 30.2 Å². The number of nitrogens with zero attached hydrogens (tertiary/aromatic N) is 1. The van der Waals surface area contributed by atoms with Gasteiger partial charge in [-0.2, -0.15) is 0 Å². The van der Waals surface area contributed by atoms with Crippen LogP contribution in [0.25, 0.3) is 0 Å². The van der Waals surface area contributed by atoms with Crippen LogP contribution in [-0.2, 0) is 4.74 Å². The van der Waals surface area contributed by atoms with Crippen molar-refractivity contribution < 1.29 is 4.74 Å². The predicted molar refractivity (Wildman–Crippen MR) is 111 cm³/mol.